The number of aliphatic imine (C=N–C) groups is 1. The van der Waals surface area contributed by atoms with Crippen molar-refractivity contribution in [3.05, 3.63) is 53.1 Å². The fourth-order valence-corrected chi connectivity index (χ4v) is 6.73. The summed E-state index contributed by atoms with van der Waals surface area (Å²) in [5.74, 6) is 0.290. The Morgan fingerprint density at radius 1 is 1.16 bits per heavy atom. The number of benzene rings is 2. The SMILES string of the molecule is CC1(C)O[C@@H]2CCCC[C@H]2N1c1nc2ccc(CC3N=Cc4cc(O)ccc43)cc2s1. The zero-order valence-electron chi connectivity index (χ0n) is 17.9. The van der Waals surface area contributed by atoms with Gasteiger partial charge in [-0.25, -0.2) is 4.98 Å². The number of hydrogen-bond donors (Lipinski definition) is 1. The van der Waals surface area contributed by atoms with Gasteiger partial charge in [-0.3, -0.25) is 4.99 Å². The zero-order valence-corrected chi connectivity index (χ0v) is 18.7. The van der Waals surface area contributed by atoms with Crippen molar-refractivity contribution in [3.63, 3.8) is 0 Å². The van der Waals surface area contributed by atoms with E-state index in [9.17, 15) is 5.11 Å². The number of aromatic nitrogens is 1. The Morgan fingerprint density at radius 2 is 2.03 bits per heavy atom. The molecule has 0 bridgehead atoms. The maximum atomic E-state index is 9.71. The molecule has 0 radical (unpaired) electrons. The Balaban J connectivity index is 1.29. The van der Waals surface area contributed by atoms with E-state index in [-0.39, 0.29) is 11.8 Å². The summed E-state index contributed by atoms with van der Waals surface area (Å²) in [6.45, 7) is 4.35. The van der Waals surface area contributed by atoms with Gasteiger partial charge in [-0.2, -0.15) is 0 Å². The largest absolute Gasteiger partial charge is 0.508 e. The molecule has 5 nitrogen and oxygen atoms in total. The highest BCUT2D eigenvalue weighted by atomic mass is 32.1. The lowest BCUT2D eigenvalue weighted by Crippen LogP contribution is -2.45. The highest BCUT2D eigenvalue weighted by molar-refractivity contribution is 7.22. The van der Waals surface area contributed by atoms with Crippen molar-refractivity contribution in [2.24, 2.45) is 4.99 Å². The van der Waals surface area contributed by atoms with Crippen molar-refractivity contribution >= 4 is 32.9 Å². The summed E-state index contributed by atoms with van der Waals surface area (Å²) in [7, 11) is 0. The minimum absolute atomic E-state index is 0.106. The second kappa shape index (κ2) is 7.04. The highest BCUT2D eigenvalue weighted by Crippen LogP contribution is 2.45. The van der Waals surface area contributed by atoms with Gasteiger partial charge in [-0.1, -0.05) is 36.3 Å². The average molecular weight is 434 g/mol. The maximum Gasteiger partial charge on any atom is 0.189 e. The van der Waals surface area contributed by atoms with Crippen molar-refractivity contribution in [2.45, 2.75) is 69.9 Å². The lowest BCUT2D eigenvalue weighted by molar-refractivity contribution is -0.0243. The van der Waals surface area contributed by atoms with E-state index in [0.29, 0.717) is 17.9 Å². The fourth-order valence-electron chi connectivity index (χ4n) is 5.51. The summed E-state index contributed by atoms with van der Waals surface area (Å²) in [5.41, 5.74) is 4.20. The van der Waals surface area contributed by atoms with Crippen LogP contribution in [0.25, 0.3) is 10.2 Å². The molecular formula is C25H27N3O2S. The van der Waals surface area contributed by atoms with Crippen LogP contribution in [0, 0.1) is 0 Å². The third-order valence-electron chi connectivity index (χ3n) is 6.92. The van der Waals surface area contributed by atoms with Crippen LogP contribution in [-0.4, -0.2) is 34.2 Å². The number of ether oxygens (including phenoxy) is 1. The number of fused-ring (bicyclic) bond motifs is 3. The second-order valence-electron chi connectivity index (χ2n) is 9.43. The Kier molecular flexibility index (Phi) is 4.37. The standard InChI is InChI=1S/C25H27N3O2S/c1-25(2)28(21-5-3-4-6-22(21)30-25)24-27-19-10-7-15(12-23(19)31-24)11-20-18-9-8-17(29)13-16(18)14-26-20/h7-10,12-14,20-22,29H,3-6,11H2,1-2H3/t20?,21-,22-/m1/s1. The molecule has 3 heterocycles. The molecule has 1 unspecified atom stereocenters. The third kappa shape index (κ3) is 3.24. The van der Waals surface area contributed by atoms with E-state index in [4.69, 9.17) is 9.72 Å². The normalized spacial score (nSPS) is 26.4. The van der Waals surface area contributed by atoms with E-state index < -0.39 is 0 Å². The van der Waals surface area contributed by atoms with Gasteiger partial charge in [-0.05, 0) is 68.5 Å². The van der Waals surface area contributed by atoms with E-state index in [0.717, 1.165) is 29.1 Å². The third-order valence-corrected chi connectivity index (χ3v) is 7.94. The summed E-state index contributed by atoms with van der Waals surface area (Å²) in [4.78, 5) is 12.1. The van der Waals surface area contributed by atoms with Crippen LogP contribution in [0.3, 0.4) is 0 Å². The van der Waals surface area contributed by atoms with Crippen molar-refractivity contribution < 1.29 is 9.84 Å². The second-order valence-corrected chi connectivity index (χ2v) is 10.4. The number of anilines is 1. The molecule has 2 aliphatic heterocycles. The van der Waals surface area contributed by atoms with Crippen LogP contribution >= 0.6 is 11.3 Å². The van der Waals surface area contributed by atoms with Crippen LogP contribution in [-0.2, 0) is 11.2 Å². The van der Waals surface area contributed by atoms with Gasteiger partial charge in [0.05, 0.1) is 28.4 Å². The number of hydrogen-bond acceptors (Lipinski definition) is 6. The van der Waals surface area contributed by atoms with Gasteiger partial charge < -0.3 is 14.7 Å². The van der Waals surface area contributed by atoms with Gasteiger partial charge in [0, 0.05) is 11.8 Å². The quantitative estimate of drug-likeness (QED) is 0.584. The summed E-state index contributed by atoms with van der Waals surface area (Å²) >= 11 is 1.78. The predicted octanol–water partition coefficient (Wildman–Crippen LogP) is 5.60. The average Bonchev–Trinajstić information content (AvgIpc) is 3.39. The lowest BCUT2D eigenvalue weighted by Gasteiger charge is -2.34. The van der Waals surface area contributed by atoms with E-state index in [1.807, 2.05) is 12.3 Å². The number of aromatic hydroxyl groups is 1. The van der Waals surface area contributed by atoms with Crippen molar-refractivity contribution in [1.29, 1.82) is 0 Å². The van der Waals surface area contributed by atoms with E-state index in [1.54, 1.807) is 23.5 Å². The Hall–Kier alpha value is -2.44. The van der Waals surface area contributed by atoms with Crippen molar-refractivity contribution in [1.82, 2.24) is 4.98 Å². The molecule has 1 aromatic heterocycles. The molecule has 3 atom stereocenters. The smallest absolute Gasteiger partial charge is 0.189 e. The van der Waals surface area contributed by atoms with E-state index in [2.05, 4.69) is 41.9 Å². The molecule has 6 rings (SSSR count). The first-order valence-corrected chi connectivity index (χ1v) is 12.0. The molecule has 31 heavy (non-hydrogen) atoms. The van der Waals surface area contributed by atoms with Gasteiger partial charge in [0.25, 0.3) is 0 Å². The molecule has 0 spiro atoms. The number of phenolic OH excluding ortho intramolecular Hbond substituents is 1. The van der Waals surface area contributed by atoms with Crippen LogP contribution in [0.2, 0.25) is 0 Å². The molecule has 1 N–H and O–H groups in total. The summed E-state index contributed by atoms with van der Waals surface area (Å²) < 4.78 is 7.65. The Labute approximate surface area is 186 Å². The molecule has 2 fully saturated rings. The molecule has 160 valence electrons. The first kappa shape index (κ1) is 19.3. The van der Waals surface area contributed by atoms with Crippen LogP contribution in [0.5, 0.6) is 5.75 Å². The summed E-state index contributed by atoms with van der Waals surface area (Å²) in [5, 5.41) is 10.8. The lowest BCUT2D eigenvalue weighted by atomic mass is 9.92. The molecule has 0 amide bonds. The van der Waals surface area contributed by atoms with Crippen LogP contribution in [0.1, 0.15) is 62.3 Å². The minimum Gasteiger partial charge on any atom is -0.508 e. The molecule has 1 aliphatic carbocycles. The summed E-state index contributed by atoms with van der Waals surface area (Å²) in [6, 6.07) is 12.7. The van der Waals surface area contributed by atoms with Crippen LogP contribution in [0.4, 0.5) is 5.13 Å². The molecule has 1 saturated heterocycles. The fraction of sp³-hybridized carbons (Fsp3) is 0.440. The summed E-state index contributed by atoms with van der Waals surface area (Å²) in [6.07, 6.45) is 7.92. The number of phenols is 1. The van der Waals surface area contributed by atoms with E-state index in [1.165, 1.54) is 35.1 Å². The molecule has 6 heteroatoms. The van der Waals surface area contributed by atoms with Crippen LogP contribution < -0.4 is 4.90 Å². The first-order valence-electron chi connectivity index (χ1n) is 11.2. The molecule has 3 aliphatic rings. The van der Waals surface area contributed by atoms with Gasteiger partial charge >= 0.3 is 0 Å². The first-order chi connectivity index (χ1) is 15.0. The molecular weight excluding hydrogens is 406 g/mol. The van der Waals surface area contributed by atoms with Crippen LogP contribution in [0.15, 0.2) is 41.4 Å². The van der Waals surface area contributed by atoms with Gasteiger partial charge in [0.2, 0.25) is 0 Å². The van der Waals surface area contributed by atoms with Crippen molar-refractivity contribution in [3.8, 4) is 5.75 Å². The monoisotopic (exact) mass is 433 g/mol. The maximum absolute atomic E-state index is 9.71. The van der Waals surface area contributed by atoms with Gasteiger partial charge in [0.15, 0.2) is 5.13 Å². The van der Waals surface area contributed by atoms with Gasteiger partial charge in [-0.15, -0.1) is 0 Å². The zero-order chi connectivity index (χ0) is 21.2. The van der Waals surface area contributed by atoms with Gasteiger partial charge in [0.1, 0.15) is 11.5 Å². The van der Waals surface area contributed by atoms with Crippen molar-refractivity contribution in [2.75, 3.05) is 4.90 Å². The predicted molar refractivity (Wildman–Crippen MR) is 125 cm³/mol. The molecule has 2 aromatic carbocycles. The molecule has 1 saturated carbocycles. The number of thiazole rings is 1. The number of nitrogens with zero attached hydrogens (tertiary/aromatic N) is 3. The molecule has 3 aromatic rings. The minimum atomic E-state index is -0.315. The Morgan fingerprint density at radius 3 is 2.94 bits per heavy atom. The highest BCUT2D eigenvalue weighted by Gasteiger charge is 2.49. The number of rotatable bonds is 3. The Bertz CT molecular complexity index is 1180. The van der Waals surface area contributed by atoms with E-state index >= 15 is 0 Å². The topological polar surface area (TPSA) is 58.0 Å².